The van der Waals surface area contributed by atoms with Crippen LogP contribution in [0, 0.1) is 0 Å². The molecule has 0 spiro atoms. The molecule has 1 N–H and O–H groups in total. The highest BCUT2D eigenvalue weighted by atomic mass is 32.1. The van der Waals surface area contributed by atoms with E-state index in [2.05, 4.69) is 20.5 Å². The van der Waals surface area contributed by atoms with Crippen molar-refractivity contribution in [3.05, 3.63) is 35.2 Å². The molecule has 3 aromatic heterocycles. The summed E-state index contributed by atoms with van der Waals surface area (Å²) >= 11 is 1.54. The van der Waals surface area contributed by atoms with Crippen molar-refractivity contribution in [3.63, 3.8) is 0 Å². The molecule has 0 aliphatic heterocycles. The van der Waals surface area contributed by atoms with Gasteiger partial charge in [-0.2, -0.15) is 0 Å². The molecule has 0 unspecified atom stereocenters. The fourth-order valence-corrected chi connectivity index (χ4v) is 2.75. The van der Waals surface area contributed by atoms with Crippen molar-refractivity contribution in [1.82, 2.24) is 24.9 Å². The number of fused-ring (bicyclic) bond motifs is 1. The molecule has 116 valence electrons. The van der Waals surface area contributed by atoms with E-state index in [9.17, 15) is 4.79 Å². The van der Waals surface area contributed by atoms with Crippen molar-refractivity contribution < 1.29 is 9.21 Å². The molecule has 1 amide bonds. The third-order valence-electron chi connectivity index (χ3n) is 3.18. The molecule has 22 heavy (non-hydrogen) atoms. The van der Waals surface area contributed by atoms with Crippen molar-refractivity contribution in [3.8, 4) is 0 Å². The van der Waals surface area contributed by atoms with E-state index in [4.69, 9.17) is 4.42 Å². The van der Waals surface area contributed by atoms with Crippen LogP contribution in [0.5, 0.6) is 0 Å². The van der Waals surface area contributed by atoms with Gasteiger partial charge >= 0.3 is 0 Å². The van der Waals surface area contributed by atoms with Crippen LogP contribution < -0.4 is 5.32 Å². The second kappa shape index (κ2) is 5.88. The largest absolute Gasteiger partial charge is 0.423 e. The maximum absolute atomic E-state index is 12.1. The van der Waals surface area contributed by atoms with Crippen molar-refractivity contribution in [2.75, 3.05) is 0 Å². The van der Waals surface area contributed by atoms with Crippen LogP contribution in [0.3, 0.4) is 0 Å². The smallest absolute Gasteiger partial charge is 0.238 e. The summed E-state index contributed by atoms with van der Waals surface area (Å²) in [7, 11) is 0. The Morgan fingerprint density at radius 1 is 1.36 bits per heavy atom. The van der Waals surface area contributed by atoms with Crippen LogP contribution in [0.1, 0.15) is 50.2 Å². The molecule has 0 fully saturated rings. The van der Waals surface area contributed by atoms with Gasteiger partial charge in [-0.1, -0.05) is 13.8 Å². The molecule has 0 bridgehead atoms. The maximum Gasteiger partial charge on any atom is 0.238 e. The number of hydrogen-bond donors (Lipinski definition) is 1. The Kier molecular flexibility index (Phi) is 3.93. The fraction of sp³-hybridized carbons (Fsp3) is 0.429. The normalized spacial score (nSPS) is 12.9. The second-order valence-electron chi connectivity index (χ2n) is 5.42. The van der Waals surface area contributed by atoms with E-state index in [0.717, 1.165) is 10.7 Å². The van der Waals surface area contributed by atoms with Crippen LogP contribution in [-0.4, -0.2) is 25.5 Å². The molecule has 0 aromatic carbocycles. The third-order valence-corrected chi connectivity index (χ3v) is 3.95. The van der Waals surface area contributed by atoms with Gasteiger partial charge in [0.2, 0.25) is 17.7 Å². The van der Waals surface area contributed by atoms with Gasteiger partial charge in [-0.25, -0.2) is 4.98 Å². The number of thiazole rings is 1. The number of nitrogens with zero attached hydrogens (tertiary/aromatic N) is 4. The number of nitrogens with one attached hydrogen (secondary N) is 1. The summed E-state index contributed by atoms with van der Waals surface area (Å²) in [5.41, 5.74) is 0.741. The summed E-state index contributed by atoms with van der Waals surface area (Å²) in [5, 5.41) is 12.7. The molecule has 0 saturated heterocycles. The van der Waals surface area contributed by atoms with Gasteiger partial charge in [0.25, 0.3) is 0 Å². The maximum atomic E-state index is 12.1. The van der Waals surface area contributed by atoms with Crippen LogP contribution in [0.15, 0.2) is 22.2 Å². The zero-order valence-electron chi connectivity index (χ0n) is 12.6. The van der Waals surface area contributed by atoms with Gasteiger partial charge in [-0.15, -0.1) is 21.5 Å². The molecule has 0 aliphatic carbocycles. The minimum Gasteiger partial charge on any atom is -0.423 e. The highest BCUT2D eigenvalue weighted by Gasteiger charge is 2.18. The molecule has 8 heteroatoms. The average Bonchev–Trinajstić information content (AvgIpc) is 3.12. The Hall–Kier alpha value is -2.22. The molecule has 3 rings (SSSR count). The standard InChI is InChI=1S/C14H17N5O2S/c1-8(2)12-17-18-13(21-12)9(3)15-11(20)6-10-7-19-4-5-22-14(19)16-10/h4-5,7-9H,6H2,1-3H3,(H,15,20)/t9-/m1/s1. The monoisotopic (exact) mass is 319 g/mol. The lowest BCUT2D eigenvalue weighted by Crippen LogP contribution is -2.28. The fourth-order valence-electron chi connectivity index (χ4n) is 2.03. The van der Waals surface area contributed by atoms with E-state index >= 15 is 0 Å². The Balaban J connectivity index is 1.61. The molecule has 3 heterocycles. The lowest BCUT2D eigenvalue weighted by Gasteiger charge is -2.09. The number of carbonyl (C=O) groups excluding carboxylic acids is 1. The Bertz CT molecular complexity index is 759. The minimum absolute atomic E-state index is 0.123. The van der Waals surface area contributed by atoms with Crippen LogP contribution in [0.4, 0.5) is 0 Å². The zero-order valence-corrected chi connectivity index (χ0v) is 13.4. The number of amides is 1. The van der Waals surface area contributed by atoms with Gasteiger partial charge in [0.1, 0.15) is 6.04 Å². The zero-order chi connectivity index (χ0) is 15.7. The number of carbonyl (C=O) groups is 1. The van der Waals surface area contributed by atoms with E-state index in [-0.39, 0.29) is 24.3 Å². The van der Waals surface area contributed by atoms with Gasteiger partial charge < -0.3 is 9.73 Å². The van der Waals surface area contributed by atoms with Crippen LogP contribution >= 0.6 is 11.3 Å². The molecule has 0 aliphatic rings. The molecule has 3 aromatic rings. The summed E-state index contributed by atoms with van der Waals surface area (Å²) < 4.78 is 7.44. The summed E-state index contributed by atoms with van der Waals surface area (Å²) in [6.45, 7) is 5.77. The van der Waals surface area contributed by atoms with Gasteiger partial charge in [-0.3, -0.25) is 9.20 Å². The minimum atomic E-state index is -0.323. The van der Waals surface area contributed by atoms with Crippen LogP contribution in [0.25, 0.3) is 4.96 Å². The third kappa shape index (κ3) is 3.01. The van der Waals surface area contributed by atoms with Gasteiger partial charge in [0.05, 0.1) is 12.1 Å². The lowest BCUT2D eigenvalue weighted by molar-refractivity contribution is -0.121. The Morgan fingerprint density at radius 2 is 2.14 bits per heavy atom. The Labute approximate surface area is 131 Å². The molecule has 7 nitrogen and oxygen atoms in total. The van der Waals surface area contributed by atoms with E-state index in [0.29, 0.717) is 11.8 Å². The molecule has 1 atom stereocenters. The van der Waals surface area contributed by atoms with Crippen molar-refractivity contribution in [2.45, 2.75) is 39.2 Å². The van der Waals surface area contributed by atoms with E-state index < -0.39 is 0 Å². The highest BCUT2D eigenvalue weighted by Crippen LogP contribution is 2.17. The van der Waals surface area contributed by atoms with E-state index in [1.165, 1.54) is 11.3 Å². The highest BCUT2D eigenvalue weighted by molar-refractivity contribution is 7.15. The van der Waals surface area contributed by atoms with Crippen molar-refractivity contribution in [2.24, 2.45) is 0 Å². The van der Waals surface area contributed by atoms with E-state index in [1.807, 2.05) is 42.9 Å². The number of aromatic nitrogens is 4. The SMILES string of the molecule is CC(C)c1nnc([C@@H](C)NC(=O)Cc2cn3ccsc3n2)o1. The van der Waals surface area contributed by atoms with Gasteiger partial charge in [0, 0.05) is 23.7 Å². The molecule has 0 saturated carbocycles. The predicted octanol–water partition coefficient (Wildman–Crippen LogP) is 2.32. The number of imidazole rings is 1. The predicted molar refractivity (Wildman–Crippen MR) is 81.7 cm³/mol. The van der Waals surface area contributed by atoms with Crippen molar-refractivity contribution >= 4 is 22.2 Å². The second-order valence-corrected chi connectivity index (χ2v) is 6.30. The summed E-state index contributed by atoms with van der Waals surface area (Å²) in [6.07, 6.45) is 4.01. The summed E-state index contributed by atoms with van der Waals surface area (Å²) in [4.78, 5) is 17.4. The molecule has 0 radical (unpaired) electrons. The van der Waals surface area contributed by atoms with E-state index in [1.54, 1.807) is 0 Å². The first kappa shape index (κ1) is 14.7. The first-order chi connectivity index (χ1) is 10.5. The van der Waals surface area contributed by atoms with Crippen LogP contribution in [0.2, 0.25) is 0 Å². The van der Waals surface area contributed by atoms with Crippen molar-refractivity contribution in [1.29, 1.82) is 0 Å². The van der Waals surface area contributed by atoms with Gasteiger partial charge in [0.15, 0.2) is 4.96 Å². The number of rotatable bonds is 5. The quantitative estimate of drug-likeness (QED) is 0.780. The summed E-state index contributed by atoms with van der Waals surface area (Å²) in [5.74, 6) is 1.04. The summed E-state index contributed by atoms with van der Waals surface area (Å²) in [6, 6.07) is -0.323. The molecular weight excluding hydrogens is 302 g/mol. The molecular formula is C14H17N5O2S. The lowest BCUT2D eigenvalue weighted by atomic mass is 10.2. The van der Waals surface area contributed by atoms with Gasteiger partial charge in [-0.05, 0) is 6.92 Å². The van der Waals surface area contributed by atoms with Crippen LogP contribution in [-0.2, 0) is 11.2 Å². The first-order valence-electron chi connectivity index (χ1n) is 7.06. The topological polar surface area (TPSA) is 85.3 Å². The average molecular weight is 319 g/mol. The Morgan fingerprint density at radius 3 is 2.82 bits per heavy atom. The number of hydrogen-bond acceptors (Lipinski definition) is 6. The first-order valence-corrected chi connectivity index (χ1v) is 7.94.